The van der Waals surface area contributed by atoms with Gasteiger partial charge < -0.3 is 15.0 Å². The van der Waals surface area contributed by atoms with Gasteiger partial charge >= 0.3 is 0 Å². The van der Waals surface area contributed by atoms with Crippen molar-refractivity contribution in [3.8, 4) is 0 Å². The molecule has 1 aliphatic heterocycles. The Morgan fingerprint density at radius 1 is 1.40 bits per heavy atom. The van der Waals surface area contributed by atoms with Crippen molar-refractivity contribution in [2.75, 3.05) is 33.3 Å². The van der Waals surface area contributed by atoms with Crippen molar-refractivity contribution >= 4 is 0 Å². The summed E-state index contributed by atoms with van der Waals surface area (Å²) in [7, 11) is 1.76. The predicted octanol–water partition coefficient (Wildman–Crippen LogP) is 1.35. The van der Waals surface area contributed by atoms with Crippen molar-refractivity contribution in [1.29, 1.82) is 0 Å². The van der Waals surface area contributed by atoms with Crippen LogP contribution in [0.5, 0.6) is 0 Å². The summed E-state index contributed by atoms with van der Waals surface area (Å²) in [5.41, 5.74) is 1.29. The Morgan fingerprint density at radius 3 is 2.80 bits per heavy atom. The number of ether oxygens (including phenoxy) is 1. The number of nitrogens with zero attached hydrogens (tertiary/aromatic N) is 1. The van der Waals surface area contributed by atoms with Crippen LogP contribution in [0, 0.1) is 5.92 Å². The molecule has 1 atom stereocenters. The monoisotopic (exact) mass is 208 g/mol. The number of piperazine rings is 1. The molecule has 0 radical (unpaired) electrons. The molecule has 1 saturated heterocycles. The van der Waals surface area contributed by atoms with Gasteiger partial charge in [0.25, 0.3) is 0 Å². The van der Waals surface area contributed by atoms with E-state index in [-0.39, 0.29) is 0 Å². The van der Waals surface area contributed by atoms with Crippen molar-refractivity contribution in [1.82, 2.24) is 10.2 Å². The van der Waals surface area contributed by atoms with Crippen molar-refractivity contribution in [2.24, 2.45) is 5.92 Å². The molecule has 0 saturated carbocycles. The predicted molar refractivity (Wildman–Crippen MR) is 61.4 cm³/mol. The van der Waals surface area contributed by atoms with Gasteiger partial charge in [-0.1, -0.05) is 13.0 Å². The fourth-order valence-electron chi connectivity index (χ4n) is 2.17. The molecule has 15 heavy (non-hydrogen) atoms. The van der Waals surface area contributed by atoms with Gasteiger partial charge in [0.15, 0.2) is 0 Å². The third-order valence-electron chi connectivity index (χ3n) is 3.05. The van der Waals surface area contributed by atoms with Crippen molar-refractivity contribution < 1.29 is 4.74 Å². The number of hydrogen-bond acceptors (Lipinski definition) is 3. The lowest BCUT2D eigenvalue weighted by atomic mass is 9.99. The van der Waals surface area contributed by atoms with E-state index < -0.39 is 0 Å². The first-order chi connectivity index (χ1) is 7.31. The van der Waals surface area contributed by atoms with Gasteiger partial charge in [-0.05, 0) is 18.4 Å². The Bertz CT molecular complexity index is 277. The van der Waals surface area contributed by atoms with Gasteiger partial charge in [-0.15, -0.1) is 0 Å². The van der Waals surface area contributed by atoms with E-state index in [0.717, 1.165) is 38.4 Å². The second-order valence-electron chi connectivity index (χ2n) is 4.27. The van der Waals surface area contributed by atoms with Crippen LogP contribution >= 0.6 is 0 Å². The number of rotatable bonds is 2. The van der Waals surface area contributed by atoms with Crippen LogP contribution in [-0.4, -0.2) is 38.2 Å². The first-order valence-corrected chi connectivity index (χ1v) is 5.73. The number of hydrogen-bond donors (Lipinski definition) is 1. The van der Waals surface area contributed by atoms with E-state index in [1.54, 1.807) is 7.11 Å². The molecule has 1 N–H and O–H groups in total. The number of nitrogens with one attached hydrogen (secondary N) is 1. The molecule has 84 valence electrons. The molecule has 1 unspecified atom stereocenters. The third-order valence-corrected chi connectivity index (χ3v) is 3.05. The Balaban J connectivity index is 2.10. The summed E-state index contributed by atoms with van der Waals surface area (Å²) in [6.07, 6.45) is 5.68. The normalized spacial score (nSPS) is 27.1. The van der Waals surface area contributed by atoms with E-state index in [1.165, 1.54) is 5.70 Å². The van der Waals surface area contributed by atoms with E-state index in [1.807, 2.05) is 0 Å². The maximum absolute atomic E-state index is 5.46. The number of allylic oxidation sites excluding steroid dienone is 2. The molecule has 2 aliphatic rings. The molecule has 1 aliphatic carbocycles. The lowest BCUT2D eigenvalue weighted by molar-refractivity contribution is 0.233. The van der Waals surface area contributed by atoms with Crippen LogP contribution in [0.3, 0.4) is 0 Å². The van der Waals surface area contributed by atoms with Crippen LogP contribution in [-0.2, 0) is 4.74 Å². The molecule has 0 aromatic carbocycles. The largest absolute Gasteiger partial charge is 0.495 e. The molecular formula is C12H20N2O. The second-order valence-corrected chi connectivity index (χ2v) is 4.27. The zero-order valence-electron chi connectivity index (χ0n) is 9.62. The smallest absolute Gasteiger partial charge is 0.138 e. The number of methoxy groups -OCH3 is 1. The molecular weight excluding hydrogens is 188 g/mol. The molecule has 0 bridgehead atoms. The van der Waals surface area contributed by atoms with Crippen LogP contribution in [0.1, 0.15) is 13.3 Å². The quantitative estimate of drug-likeness (QED) is 0.741. The molecule has 0 spiro atoms. The highest BCUT2D eigenvalue weighted by molar-refractivity contribution is 5.29. The summed E-state index contributed by atoms with van der Waals surface area (Å²) < 4.78 is 5.46. The first kappa shape index (κ1) is 10.6. The Morgan fingerprint density at radius 2 is 2.13 bits per heavy atom. The summed E-state index contributed by atoms with van der Waals surface area (Å²) in [6.45, 7) is 6.54. The first-order valence-electron chi connectivity index (χ1n) is 5.73. The summed E-state index contributed by atoms with van der Waals surface area (Å²) in [4.78, 5) is 2.41. The topological polar surface area (TPSA) is 24.5 Å². The summed E-state index contributed by atoms with van der Waals surface area (Å²) in [5, 5.41) is 3.37. The van der Waals surface area contributed by atoms with E-state index in [9.17, 15) is 0 Å². The summed E-state index contributed by atoms with van der Waals surface area (Å²) in [6, 6.07) is 0. The molecule has 0 aromatic rings. The maximum atomic E-state index is 5.46. The zero-order chi connectivity index (χ0) is 10.7. The average Bonchev–Trinajstić information content (AvgIpc) is 2.30. The van der Waals surface area contributed by atoms with Gasteiger partial charge in [-0.2, -0.15) is 0 Å². The lowest BCUT2D eigenvalue weighted by Crippen LogP contribution is -2.43. The average molecular weight is 208 g/mol. The van der Waals surface area contributed by atoms with Gasteiger partial charge in [-0.25, -0.2) is 0 Å². The highest BCUT2D eigenvalue weighted by Gasteiger charge is 2.20. The van der Waals surface area contributed by atoms with Gasteiger partial charge in [0.2, 0.25) is 0 Å². The van der Waals surface area contributed by atoms with Crippen molar-refractivity contribution in [3.05, 3.63) is 23.6 Å². The van der Waals surface area contributed by atoms with Crippen molar-refractivity contribution in [2.45, 2.75) is 13.3 Å². The van der Waals surface area contributed by atoms with Crippen LogP contribution in [0.4, 0.5) is 0 Å². The highest BCUT2D eigenvalue weighted by Crippen LogP contribution is 2.25. The fourth-order valence-corrected chi connectivity index (χ4v) is 2.17. The van der Waals surface area contributed by atoms with Gasteiger partial charge in [-0.3, -0.25) is 0 Å². The van der Waals surface area contributed by atoms with Crippen LogP contribution in [0.15, 0.2) is 23.6 Å². The Kier molecular flexibility index (Phi) is 3.31. The second kappa shape index (κ2) is 4.71. The van der Waals surface area contributed by atoms with Gasteiger partial charge in [0.05, 0.1) is 12.8 Å². The van der Waals surface area contributed by atoms with E-state index in [2.05, 4.69) is 29.3 Å². The van der Waals surface area contributed by atoms with Gasteiger partial charge in [0, 0.05) is 26.2 Å². The van der Waals surface area contributed by atoms with E-state index in [0.29, 0.717) is 5.92 Å². The summed E-state index contributed by atoms with van der Waals surface area (Å²) in [5.74, 6) is 1.65. The van der Waals surface area contributed by atoms with Gasteiger partial charge in [0.1, 0.15) is 5.76 Å². The maximum Gasteiger partial charge on any atom is 0.138 e. The molecule has 0 aromatic heterocycles. The van der Waals surface area contributed by atoms with Crippen LogP contribution in [0.25, 0.3) is 0 Å². The van der Waals surface area contributed by atoms with Crippen LogP contribution in [0.2, 0.25) is 0 Å². The molecule has 3 heteroatoms. The van der Waals surface area contributed by atoms with E-state index in [4.69, 9.17) is 4.74 Å². The minimum Gasteiger partial charge on any atom is -0.495 e. The standard InChI is InChI=1S/C12H20N2O/c1-10-3-4-11(12(9-10)15-2)14-7-5-13-6-8-14/h4,9-10,13H,3,5-8H2,1-2H3. The fraction of sp³-hybridized carbons (Fsp3) is 0.667. The lowest BCUT2D eigenvalue weighted by Gasteiger charge is -2.34. The van der Waals surface area contributed by atoms with Crippen molar-refractivity contribution in [3.63, 3.8) is 0 Å². The minimum atomic E-state index is 0.603. The zero-order valence-corrected chi connectivity index (χ0v) is 9.62. The molecule has 3 nitrogen and oxygen atoms in total. The Hall–Kier alpha value is -0.960. The Labute approximate surface area is 91.8 Å². The molecule has 0 amide bonds. The highest BCUT2D eigenvalue weighted by atomic mass is 16.5. The molecule has 1 heterocycles. The third kappa shape index (κ3) is 2.34. The minimum absolute atomic E-state index is 0.603. The molecule has 2 rings (SSSR count). The van der Waals surface area contributed by atoms with Crippen LogP contribution < -0.4 is 5.32 Å². The molecule has 1 fully saturated rings. The summed E-state index contributed by atoms with van der Waals surface area (Å²) >= 11 is 0. The SMILES string of the molecule is COC1=CC(C)CC=C1N1CCNCC1. The van der Waals surface area contributed by atoms with E-state index >= 15 is 0 Å².